The van der Waals surface area contributed by atoms with Gasteiger partial charge in [0, 0.05) is 36.8 Å². The molecular formula is C15H21N3O3. The first-order valence-electron chi connectivity index (χ1n) is 7.39. The summed E-state index contributed by atoms with van der Waals surface area (Å²) in [5.41, 5.74) is 0.328. The standard InChI is InChI=1S/C15H21N3O3/c1-2-17(11-13-7-3-4-9-16-13)15(19)12-6-5-8-14(10-12)18(20)21/h5-6,8,10,13,16H,2-4,7,9,11H2,1H3. The van der Waals surface area contributed by atoms with Crippen molar-refractivity contribution in [3.8, 4) is 0 Å². The third-order valence-electron chi connectivity index (χ3n) is 3.83. The minimum atomic E-state index is -0.476. The summed E-state index contributed by atoms with van der Waals surface area (Å²) < 4.78 is 0. The molecule has 21 heavy (non-hydrogen) atoms. The maximum Gasteiger partial charge on any atom is 0.270 e. The van der Waals surface area contributed by atoms with Crippen LogP contribution in [0.15, 0.2) is 24.3 Å². The van der Waals surface area contributed by atoms with E-state index in [-0.39, 0.29) is 11.6 Å². The number of likely N-dealkylation sites (N-methyl/N-ethyl adjacent to an activating group) is 1. The Kier molecular flexibility index (Phi) is 5.27. The van der Waals surface area contributed by atoms with Crippen molar-refractivity contribution in [3.63, 3.8) is 0 Å². The predicted octanol–water partition coefficient (Wildman–Crippen LogP) is 2.20. The van der Waals surface area contributed by atoms with E-state index in [1.54, 1.807) is 17.0 Å². The van der Waals surface area contributed by atoms with Crippen LogP contribution in [-0.4, -0.2) is 41.4 Å². The zero-order chi connectivity index (χ0) is 15.2. The van der Waals surface area contributed by atoms with E-state index in [0.29, 0.717) is 24.7 Å². The van der Waals surface area contributed by atoms with E-state index in [2.05, 4.69) is 5.32 Å². The van der Waals surface area contributed by atoms with Crippen molar-refractivity contribution in [1.29, 1.82) is 0 Å². The molecule has 1 aromatic rings. The molecule has 1 N–H and O–H groups in total. The lowest BCUT2D eigenvalue weighted by molar-refractivity contribution is -0.384. The molecule has 1 aromatic carbocycles. The van der Waals surface area contributed by atoms with E-state index in [1.807, 2.05) is 6.92 Å². The highest BCUT2D eigenvalue weighted by atomic mass is 16.6. The maximum absolute atomic E-state index is 12.5. The van der Waals surface area contributed by atoms with Crippen LogP contribution < -0.4 is 5.32 Å². The Morgan fingerprint density at radius 2 is 2.29 bits per heavy atom. The van der Waals surface area contributed by atoms with Crippen LogP contribution >= 0.6 is 0 Å². The van der Waals surface area contributed by atoms with Crippen LogP contribution in [0.2, 0.25) is 0 Å². The van der Waals surface area contributed by atoms with E-state index in [1.165, 1.54) is 25.0 Å². The molecule has 0 spiro atoms. The van der Waals surface area contributed by atoms with Gasteiger partial charge in [-0.05, 0) is 32.4 Å². The minimum absolute atomic E-state index is 0.0484. The predicted molar refractivity (Wildman–Crippen MR) is 80.3 cm³/mol. The number of hydrogen-bond donors (Lipinski definition) is 1. The van der Waals surface area contributed by atoms with Gasteiger partial charge in [-0.3, -0.25) is 14.9 Å². The molecule has 0 aliphatic carbocycles. The topological polar surface area (TPSA) is 75.5 Å². The summed E-state index contributed by atoms with van der Waals surface area (Å²) in [6.45, 7) is 4.17. The van der Waals surface area contributed by atoms with E-state index < -0.39 is 4.92 Å². The third-order valence-corrected chi connectivity index (χ3v) is 3.83. The molecule has 0 aromatic heterocycles. The molecule has 1 aliphatic heterocycles. The van der Waals surface area contributed by atoms with Crippen LogP contribution in [0.1, 0.15) is 36.5 Å². The van der Waals surface area contributed by atoms with Gasteiger partial charge in [0.15, 0.2) is 0 Å². The summed E-state index contributed by atoms with van der Waals surface area (Å²) in [6.07, 6.45) is 3.43. The van der Waals surface area contributed by atoms with Gasteiger partial charge in [-0.2, -0.15) is 0 Å². The molecule has 1 fully saturated rings. The molecule has 1 amide bonds. The smallest absolute Gasteiger partial charge is 0.270 e. The number of nitrogens with zero attached hydrogens (tertiary/aromatic N) is 2. The van der Waals surface area contributed by atoms with Crippen molar-refractivity contribution in [3.05, 3.63) is 39.9 Å². The van der Waals surface area contributed by atoms with E-state index in [9.17, 15) is 14.9 Å². The van der Waals surface area contributed by atoms with E-state index in [0.717, 1.165) is 13.0 Å². The van der Waals surface area contributed by atoms with Crippen molar-refractivity contribution < 1.29 is 9.72 Å². The van der Waals surface area contributed by atoms with Gasteiger partial charge in [-0.25, -0.2) is 0 Å². The first-order chi connectivity index (χ1) is 10.1. The summed E-state index contributed by atoms with van der Waals surface area (Å²) in [5, 5.41) is 14.2. The number of hydrogen-bond acceptors (Lipinski definition) is 4. The number of nitro groups is 1. The molecule has 1 aliphatic rings. The van der Waals surface area contributed by atoms with Crippen LogP contribution in [0.3, 0.4) is 0 Å². The van der Waals surface area contributed by atoms with E-state index in [4.69, 9.17) is 0 Å². The van der Waals surface area contributed by atoms with Crippen molar-refractivity contribution in [2.45, 2.75) is 32.2 Å². The van der Waals surface area contributed by atoms with Crippen molar-refractivity contribution in [2.75, 3.05) is 19.6 Å². The number of benzene rings is 1. The fourth-order valence-electron chi connectivity index (χ4n) is 2.64. The van der Waals surface area contributed by atoms with Crippen LogP contribution in [0.4, 0.5) is 5.69 Å². The maximum atomic E-state index is 12.5. The Morgan fingerprint density at radius 3 is 2.90 bits per heavy atom. The molecule has 2 rings (SSSR count). The van der Waals surface area contributed by atoms with Gasteiger partial charge in [0.2, 0.25) is 0 Å². The average molecular weight is 291 g/mol. The first kappa shape index (κ1) is 15.4. The van der Waals surface area contributed by atoms with Gasteiger partial charge in [0.25, 0.3) is 11.6 Å². The van der Waals surface area contributed by atoms with Crippen molar-refractivity contribution >= 4 is 11.6 Å². The fraction of sp³-hybridized carbons (Fsp3) is 0.533. The molecule has 1 heterocycles. The zero-order valence-electron chi connectivity index (χ0n) is 12.2. The highest BCUT2D eigenvalue weighted by Gasteiger charge is 2.21. The second-order valence-electron chi connectivity index (χ2n) is 5.30. The van der Waals surface area contributed by atoms with Crippen molar-refractivity contribution in [2.24, 2.45) is 0 Å². The highest BCUT2D eigenvalue weighted by Crippen LogP contribution is 2.16. The highest BCUT2D eigenvalue weighted by molar-refractivity contribution is 5.94. The lowest BCUT2D eigenvalue weighted by Crippen LogP contribution is -2.45. The molecule has 1 saturated heterocycles. The second kappa shape index (κ2) is 7.17. The van der Waals surface area contributed by atoms with Gasteiger partial charge in [0.1, 0.15) is 0 Å². The lowest BCUT2D eigenvalue weighted by atomic mass is 10.0. The molecule has 1 unspecified atom stereocenters. The van der Waals surface area contributed by atoms with Crippen LogP contribution in [-0.2, 0) is 0 Å². The third kappa shape index (κ3) is 4.01. The second-order valence-corrected chi connectivity index (χ2v) is 5.30. The van der Waals surface area contributed by atoms with Gasteiger partial charge in [-0.1, -0.05) is 12.5 Å². The van der Waals surface area contributed by atoms with Crippen LogP contribution in [0, 0.1) is 10.1 Å². The summed E-state index contributed by atoms with van der Waals surface area (Å²) in [7, 11) is 0. The molecule has 6 nitrogen and oxygen atoms in total. The van der Waals surface area contributed by atoms with E-state index >= 15 is 0 Å². The molecule has 1 atom stereocenters. The Hall–Kier alpha value is -1.95. The number of carbonyl (C=O) groups is 1. The number of carbonyl (C=O) groups excluding carboxylic acids is 1. The number of amides is 1. The van der Waals surface area contributed by atoms with Crippen LogP contribution in [0.5, 0.6) is 0 Å². The first-order valence-corrected chi connectivity index (χ1v) is 7.39. The molecule has 0 saturated carbocycles. The summed E-state index contributed by atoms with van der Waals surface area (Å²) in [4.78, 5) is 24.6. The number of nitro benzene ring substituents is 1. The van der Waals surface area contributed by atoms with Crippen LogP contribution in [0.25, 0.3) is 0 Å². The quantitative estimate of drug-likeness (QED) is 0.666. The Morgan fingerprint density at radius 1 is 1.48 bits per heavy atom. The molecule has 114 valence electrons. The summed E-state index contributed by atoms with van der Waals surface area (Å²) in [5.74, 6) is -0.145. The van der Waals surface area contributed by atoms with Gasteiger partial charge in [0.05, 0.1) is 4.92 Å². The zero-order valence-corrected chi connectivity index (χ0v) is 12.2. The SMILES string of the molecule is CCN(CC1CCCCN1)C(=O)c1cccc([N+](=O)[O-])c1. The Balaban J connectivity index is 2.08. The summed E-state index contributed by atoms with van der Waals surface area (Å²) in [6, 6.07) is 6.25. The van der Waals surface area contributed by atoms with Crippen molar-refractivity contribution in [1.82, 2.24) is 10.2 Å². The molecular weight excluding hydrogens is 270 g/mol. The minimum Gasteiger partial charge on any atom is -0.337 e. The Labute approximate surface area is 124 Å². The fourth-order valence-corrected chi connectivity index (χ4v) is 2.64. The molecule has 6 heteroatoms. The normalized spacial score (nSPS) is 18.2. The molecule has 0 bridgehead atoms. The number of nitrogens with one attached hydrogen (secondary N) is 1. The lowest BCUT2D eigenvalue weighted by Gasteiger charge is -2.30. The largest absolute Gasteiger partial charge is 0.337 e. The summed E-state index contributed by atoms with van der Waals surface area (Å²) >= 11 is 0. The van der Waals surface area contributed by atoms with Gasteiger partial charge in [-0.15, -0.1) is 0 Å². The number of rotatable bonds is 5. The van der Waals surface area contributed by atoms with Gasteiger partial charge < -0.3 is 10.2 Å². The monoisotopic (exact) mass is 291 g/mol. The van der Waals surface area contributed by atoms with Gasteiger partial charge >= 0.3 is 0 Å². The Bertz CT molecular complexity index is 513. The number of non-ortho nitro benzene ring substituents is 1. The number of piperidine rings is 1. The molecule has 0 radical (unpaired) electrons. The average Bonchev–Trinajstić information content (AvgIpc) is 2.53.